The summed E-state index contributed by atoms with van der Waals surface area (Å²) in [6, 6.07) is 4.85. The summed E-state index contributed by atoms with van der Waals surface area (Å²) in [5, 5.41) is 0. The summed E-state index contributed by atoms with van der Waals surface area (Å²) >= 11 is 0. The average Bonchev–Trinajstić information content (AvgIpc) is 1.95. The second-order valence-electron chi connectivity index (χ2n) is 1.95. The van der Waals surface area contributed by atoms with Crippen LogP contribution in [0.2, 0.25) is 0 Å². The maximum absolute atomic E-state index is 10.9. The SMILES string of the molecule is C#Cc1cccc(=O)n1C. The van der Waals surface area contributed by atoms with E-state index >= 15 is 0 Å². The van der Waals surface area contributed by atoms with Gasteiger partial charge in [0.2, 0.25) is 0 Å². The van der Waals surface area contributed by atoms with Crippen LogP contribution in [0.1, 0.15) is 5.69 Å². The Kier molecular flexibility index (Phi) is 1.59. The lowest BCUT2D eigenvalue weighted by atomic mass is 10.3. The zero-order valence-electron chi connectivity index (χ0n) is 5.66. The van der Waals surface area contributed by atoms with Gasteiger partial charge in [-0.25, -0.2) is 0 Å². The summed E-state index contributed by atoms with van der Waals surface area (Å²) in [7, 11) is 1.65. The van der Waals surface area contributed by atoms with E-state index in [9.17, 15) is 4.79 Å². The highest BCUT2D eigenvalue weighted by Gasteiger charge is 1.91. The van der Waals surface area contributed by atoms with Gasteiger partial charge < -0.3 is 4.57 Å². The van der Waals surface area contributed by atoms with Crippen molar-refractivity contribution < 1.29 is 0 Å². The van der Waals surface area contributed by atoms with Gasteiger partial charge >= 0.3 is 0 Å². The van der Waals surface area contributed by atoms with Crippen molar-refractivity contribution >= 4 is 0 Å². The summed E-state index contributed by atoms with van der Waals surface area (Å²) < 4.78 is 1.43. The smallest absolute Gasteiger partial charge is 0.251 e. The van der Waals surface area contributed by atoms with Crippen molar-refractivity contribution in [2.75, 3.05) is 0 Å². The van der Waals surface area contributed by atoms with Gasteiger partial charge in [-0.2, -0.15) is 0 Å². The molecule has 0 saturated carbocycles. The standard InChI is InChI=1S/C8H7NO/c1-3-7-5-4-6-8(10)9(7)2/h1,4-6H,2H3. The first-order valence-corrected chi connectivity index (χ1v) is 2.88. The van der Waals surface area contributed by atoms with Crippen molar-refractivity contribution in [1.82, 2.24) is 4.57 Å². The number of rotatable bonds is 0. The normalized spacial score (nSPS) is 8.80. The van der Waals surface area contributed by atoms with Gasteiger partial charge in [0.25, 0.3) is 5.56 Å². The molecule has 10 heavy (non-hydrogen) atoms. The Bertz CT molecular complexity index is 330. The molecule has 50 valence electrons. The third-order valence-electron chi connectivity index (χ3n) is 1.33. The van der Waals surface area contributed by atoms with Crippen LogP contribution in [-0.4, -0.2) is 4.57 Å². The summed E-state index contributed by atoms with van der Waals surface area (Å²) in [6.45, 7) is 0. The predicted molar refractivity (Wildman–Crippen MR) is 39.6 cm³/mol. The lowest BCUT2D eigenvalue weighted by Gasteiger charge is -1.97. The van der Waals surface area contributed by atoms with Gasteiger partial charge in [0.1, 0.15) is 0 Å². The van der Waals surface area contributed by atoms with E-state index in [1.165, 1.54) is 10.6 Å². The Morgan fingerprint density at radius 2 is 2.30 bits per heavy atom. The Morgan fingerprint density at radius 3 is 2.80 bits per heavy atom. The molecular formula is C8H7NO. The molecule has 0 unspecified atom stereocenters. The topological polar surface area (TPSA) is 22.0 Å². The third-order valence-corrected chi connectivity index (χ3v) is 1.33. The minimum absolute atomic E-state index is 0.0737. The van der Waals surface area contributed by atoms with Crippen molar-refractivity contribution in [2.24, 2.45) is 7.05 Å². The molecule has 1 rings (SSSR count). The molecule has 0 aromatic carbocycles. The highest BCUT2D eigenvalue weighted by molar-refractivity contribution is 5.24. The molecule has 0 aliphatic carbocycles. The number of pyridine rings is 1. The maximum Gasteiger partial charge on any atom is 0.251 e. The van der Waals surface area contributed by atoms with Crippen LogP contribution >= 0.6 is 0 Å². The van der Waals surface area contributed by atoms with E-state index in [1.54, 1.807) is 19.2 Å². The van der Waals surface area contributed by atoms with Crippen molar-refractivity contribution in [3.05, 3.63) is 34.2 Å². The number of hydrogen-bond acceptors (Lipinski definition) is 1. The second-order valence-corrected chi connectivity index (χ2v) is 1.95. The van der Waals surface area contributed by atoms with Crippen molar-refractivity contribution in [1.29, 1.82) is 0 Å². The fourth-order valence-corrected chi connectivity index (χ4v) is 0.709. The molecule has 0 aliphatic rings. The van der Waals surface area contributed by atoms with E-state index in [0.717, 1.165) is 0 Å². The molecule has 2 heteroatoms. The van der Waals surface area contributed by atoms with E-state index in [0.29, 0.717) is 5.69 Å². The van der Waals surface area contributed by atoms with Gasteiger partial charge in [-0.15, -0.1) is 6.42 Å². The Labute approximate surface area is 59.1 Å². The van der Waals surface area contributed by atoms with Gasteiger partial charge in [0, 0.05) is 13.1 Å². The molecule has 0 radical (unpaired) electrons. The van der Waals surface area contributed by atoms with Crippen LogP contribution in [-0.2, 0) is 7.05 Å². The van der Waals surface area contributed by atoms with E-state index in [2.05, 4.69) is 5.92 Å². The molecule has 0 atom stereocenters. The maximum atomic E-state index is 10.9. The predicted octanol–water partition coefficient (Wildman–Crippen LogP) is 0.367. The highest BCUT2D eigenvalue weighted by atomic mass is 16.1. The van der Waals surface area contributed by atoms with Crippen LogP contribution in [0.4, 0.5) is 0 Å². The molecule has 1 heterocycles. The Morgan fingerprint density at radius 1 is 1.60 bits per heavy atom. The van der Waals surface area contributed by atoms with E-state index < -0.39 is 0 Å². The van der Waals surface area contributed by atoms with E-state index in [4.69, 9.17) is 6.42 Å². The number of terminal acetylenes is 1. The molecule has 0 saturated heterocycles. The van der Waals surface area contributed by atoms with Crippen molar-refractivity contribution in [3.63, 3.8) is 0 Å². The molecule has 1 aromatic heterocycles. The van der Waals surface area contributed by atoms with E-state index in [1.807, 2.05) is 0 Å². The van der Waals surface area contributed by atoms with Crippen molar-refractivity contribution in [2.45, 2.75) is 0 Å². The van der Waals surface area contributed by atoms with Gasteiger partial charge in [0.15, 0.2) is 0 Å². The molecular weight excluding hydrogens is 126 g/mol. The molecule has 0 aliphatic heterocycles. The molecule has 0 spiro atoms. The summed E-state index contributed by atoms with van der Waals surface area (Å²) in [4.78, 5) is 10.9. The number of aromatic nitrogens is 1. The minimum Gasteiger partial charge on any atom is -0.305 e. The fourth-order valence-electron chi connectivity index (χ4n) is 0.709. The zero-order chi connectivity index (χ0) is 7.56. The monoisotopic (exact) mass is 133 g/mol. The van der Waals surface area contributed by atoms with Crippen LogP contribution < -0.4 is 5.56 Å². The van der Waals surface area contributed by atoms with Gasteiger partial charge in [-0.1, -0.05) is 12.0 Å². The summed E-state index contributed by atoms with van der Waals surface area (Å²) in [5.74, 6) is 2.40. The van der Waals surface area contributed by atoms with Crippen LogP contribution in [0.5, 0.6) is 0 Å². The number of nitrogens with zero attached hydrogens (tertiary/aromatic N) is 1. The van der Waals surface area contributed by atoms with Gasteiger partial charge in [-0.05, 0) is 6.07 Å². The minimum atomic E-state index is -0.0737. The fraction of sp³-hybridized carbons (Fsp3) is 0.125. The first-order valence-electron chi connectivity index (χ1n) is 2.88. The first kappa shape index (κ1) is 6.63. The van der Waals surface area contributed by atoms with Gasteiger partial charge in [0.05, 0.1) is 5.69 Å². The average molecular weight is 133 g/mol. The quantitative estimate of drug-likeness (QED) is 0.468. The molecule has 0 fully saturated rings. The van der Waals surface area contributed by atoms with Crippen LogP contribution in [0.25, 0.3) is 0 Å². The summed E-state index contributed by atoms with van der Waals surface area (Å²) in [5.41, 5.74) is 0.531. The molecule has 0 amide bonds. The molecule has 2 nitrogen and oxygen atoms in total. The zero-order valence-corrected chi connectivity index (χ0v) is 5.66. The largest absolute Gasteiger partial charge is 0.305 e. The lowest BCUT2D eigenvalue weighted by molar-refractivity contribution is 0.845. The van der Waals surface area contributed by atoms with Crippen LogP contribution in [0.15, 0.2) is 23.0 Å². The first-order chi connectivity index (χ1) is 4.75. The molecule has 0 bridgehead atoms. The highest BCUT2D eigenvalue weighted by Crippen LogP contribution is 1.88. The summed E-state index contributed by atoms with van der Waals surface area (Å²) in [6.07, 6.45) is 5.11. The van der Waals surface area contributed by atoms with Gasteiger partial charge in [-0.3, -0.25) is 4.79 Å². The van der Waals surface area contributed by atoms with Crippen LogP contribution in [0, 0.1) is 12.3 Å². The third kappa shape index (κ3) is 0.939. The lowest BCUT2D eigenvalue weighted by Crippen LogP contribution is -2.16. The van der Waals surface area contributed by atoms with Crippen LogP contribution in [0.3, 0.4) is 0 Å². The van der Waals surface area contributed by atoms with Crippen molar-refractivity contribution in [3.8, 4) is 12.3 Å². The number of hydrogen-bond donors (Lipinski definition) is 0. The Balaban J connectivity index is 3.46. The molecule has 1 aromatic rings. The Hall–Kier alpha value is -1.49. The molecule has 0 N–H and O–H groups in total. The van der Waals surface area contributed by atoms with E-state index in [-0.39, 0.29) is 5.56 Å². The second kappa shape index (κ2) is 2.40.